The molecule has 0 aliphatic carbocycles. The number of hydrogen-bond acceptors (Lipinski definition) is 3. The van der Waals surface area contributed by atoms with Gasteiger partial charge < -0.3 is 5.32 Å². The summed E-state index contributed by atoms with van der Waals surface area (Å²) in [6, 6.07) is 11.2. The molecule has 2 aromatic rings. The largest absolute Gasteiger partial charge is 0.308 e. The maximum atomic E-state index is 14.2. The molecular weight excluding hydrogens is 383 g/mol. The molecule has 1 aliphatic heterocycles. The Labute approximate surface area is 143 Å². The highest BCUT2D eigenvalue weighted by atomic mass is 79.9. The molecule has 0 saturated carbocycles. The summed E-state index contributed by atoms with van der Waals surface area (Å²) in [7, 11) is -3.98. The van der Waals surface area contributed by atoms with Crippen molar-refractivity contribution in [1.29, 1.82) is 0 Å². The van der Waals surface area contributed by atoms with Crippen molar-refractivity contribution in [3.8, 4) is 0 Å². The molecule has 0 spiro atoms. The lowest BCUT2D eigenvalue weighted by atomic mass is 10.2. The first-order chi connectivity index (χ1) is 10.9. The van der Waals surface area contributed by atoms with Crippen LogP contribution in [0.25, 0.3) is 0 Å². The first-order valence-electron chi connectivity index (χ1n) is 7.18. The Morgan fingerprint density at radius 3 is 2.74 bits per heavy atom. The second-order valence-electron chi connectivity index (χ2n) is 5.52. The minimum absolute atomic E-state index is 0.0457. The van der Waals surface area contributed by atoms with Crippen LogP contribution >= 0.6 is 15.9 Å². The van der Waals surface area contributed by atoms with Gasteiger partial charge in [-0.25, -0.2) is 12.8 Å². The molecule has 1 heterocycles. The van der Waals surface area contributed by atoms with Gasteiger partial charge in [0.1, 0.15) is 10.7 Å². The Hall–Kier alpha value is -1.44. The van der Waals surface area contributed by atoms with Crippen LogP contribution in [0.1, 0.15) is 12.5 Å². The number of hydrogen-bond donors (Lipinski definition) is 1. The van der Waals surface area contributed by atoms with Gasteiger partial charge in [-0.15, -0.1) is 0 Å². The summed E-state index contributed by atoms with van der Waals surface area (Å²) in [6.07, 6.45) is 0. The van der Waals surface area contributed by atoms with Crippen LogP contribution in [-0.4, -0.2) is 21.0 Å². The molecule has 2 aromatic carbocycles. The van der Waals surface area contributed by atoms with E-state index in [1.54, 1.807) is 12.1 Å². The highest BCUT2D eigenvalue weighted by Crippen LogP contribution is 2.31. The molecule has 1 aliphatic rings. The lowest BCUT2D eigenvalue weighted by molar-refractivity contribution is 0.546. The minimum atomic E-state index is -3.98. The first-order valence-corrected chi connectivity index (χ1v) is 9.42. The van der Waals surface area contributed by atoms with Crippen LogP contribution < -0.4 is 9.62 Å². The number of benzene rings is 2. The number of nitrogens with zero attached hydrogens (tertiary/aromatic N) is 1. The molecule has 0 aromatic heterocycles. The first kappa shape index (κ1) is 16.4. The maximum absolute atomic E-state index is 14.2. The van der Waals surface area contributed by atoms with E-state index in [1.807, 2.05) is 19.1 Å². The number of fused-ring (bicyclic) bond motifs is 1. The van der Waals surface area contributed by atoms with Gasteiger partial charge in [-0.3, -0.25) is 4.31 Å². The summed E-state index contributed by atoms with van der Waals surface area (Å²) in [4.78, 5) is -0.315. The quantitative estimate of drug-likeness (QED) is 0.844. The van der Waals surface area contributed by atoms with Crippen LogP contribution in [0.3, 0.4) is 0 Å². The van der Waals surface area contributed by atoms with Crippen molar-refractivity contribution in [2.24, 2.45) is 0 Å². The van der Waals surface area contributed by atoms with Crippen molar-refractivity contribution in [3.63, 3.8) is 0 Å². The van der Waals surface area contributed by atoms with Gasteiger partial charge in [-0.2, -0.15) is 0 Å². The van der Waals surface area contributed by atoms with Crippen LogP contribution in [0, 0.1) is 5.82 Å². The van der Waals surface area contributed by atoms with E-state index in [1.165, 1.54) is 16.4 Å². The van der Waals surface area contributed by atoms with E-state index in [0.717, 1.165) is 11.6 Å². The van der Waals surface area contributed by atoms with E-state index in [9.17, 15) is 12.8 Å². The molecule has 122 valence electrons. The van der Waals surface area contributed by atoms with Crippen molar-refractivity contribution < 1.29 is 12.8 Å². The Kier molecular flexibility index (Phi) is 4.44. The molecule has 0 amide bonds. The second kappa shape index (κ2) is 6.22. The lowest BCUT2D eigenvalue weighted by Crippen LogP contribution is -2.40. The Balaban J connectivity index is 2.14. The Morgan fingerprint density at radius 1 is 1.26 bits per heavy atom. The molecule has 7 heteroatoms. The van der Waals surface area contributed by atoms with Gasteiger partial charge in [-0.1, -0.05) is 34.1 Å². The van der Waals surface area contributed by atoms with Crippen molar-refractivity contribution >= 4 is 31.6 Å². The van der Waals surface area contributed by atoms with Crippen LogP contribution in [0.5, 0.6) is 0 Å². The minimum Gasteiger partial charge on any atom is -0.308 e. The van der Waals surface area contributed by atoms with E-state index in [2.05, 4.69) is 21.2 Å². The van der Waals surface area contributed by atoms with E-state index in [4.69, 9.17) is 0 Å². The number of halogens is 2. The standard InChI is InChI=1S/C16H16BrFN2O2S/c1-11-10-20(15-5-3-2-4-12(15)9-19-11)23(21,22)16-7-6-13(17)8-14(16)18/h2-8,11,19H,9-10H2,1H3. The fourth-order valence-electron chi connectivity index (χ4n) is 2.63. The number of nitrogens with one attached hydrogen (secondary N) is 1. The van der Waals surface area contributed by atoms with Crippen LogP contribution in [0.2, 0.25) is 0 Å². The van der Waals surface area contributed by atoms with Gasteiger partial charge in [0.2, 0.25) is 0 Å². The monoisotopic (exact) mass is 398 g/mol. The number of sulfonamides is 1. The van der Waals surface area contributed by atoms with Crippen molar-refractivity contribution in [1.82, 2.24) is 5.32 Å². The third-order valence-corrected chi connectivity index (χ3v) is 6.11. The molecule has 23 heavy (non-hydrogen) atoms. The predicted octanol–water partition coefficient (Wildman–Crippen LogP) is 3.28. The molecule has 1 atom stereocenters. The third-order valence-electron chi connectivity index (χ3n) is 3.80. The zero-order chi connectivity index (χ0) is 16.6. The maximum Gasteiger partial charge on any atom is 0.267 e. The highest BCUT2D eigenvalue weighted by molar-refractivity contribution is 9.10. The summed E-state index contributed by atoms with van der Waals surface area (Å²) in [5.41, 5.74) is 1.46. The molecule has 0 radical (unpaired) electrons. The average molecular weight is 399 g/mol. The van der Waals surface area contributed by atoms with Crippen molar-refractivity contribution in [3.05, 3.63) is 58.3 Å². The molecule has 4 nitrogen and oxygen atoms in total. The Morgan fingerprint density at radius 2 is 2.00 bits per heavy atom. The zero-order valence-electron chi connectivity index (χ0n) is 12.5. The molecule has 0 fully saturated rings. The summed E-state index contributed by atoms with van der Waals surface area (Å²) in [5.74, 6) is -0.762. The Bertz CT molecular complexity index is 842. The van der Waals surface area contributed by atoms with Gasteiger partial charge in [0, 0.05) is 23.6 Å². The zero-order valence-corrected chi connectivity index (χ0v) is 14.9. The van der Waals surface area contributed by atoms with Gasteiger partial charge in [0.15, 0.2) is 0 Å². The summed E-state index contributed by atoms with van der Waals surface area (Å²) in [6.45, 7) is 2.73. The third kappa shape index (κ3) is 3.13. The second-order valence-corrected chi connectivity index (χ2v) is 8.27. The smallest absolute Gasteiger partial charge is 0.267 e. The van der Waals surface area contributed by atoms with E-state index < -0.39 is 15.8 Å². The van der Waals surface area contributed by atoms with Crippen molar-refractivity contribution in [2.45, 2.75) is 24.4 Å². The molecular formula is C16H16BrFN2O2S. The molecule has 3 rings (SSSR count). The topological polar surface area (TPSA) is 49.4 Å². The number of anilines is 1. The van der Waals surface area contributed by atoms with Crippen LogP contribution in [-0.2, 0) is 16.6 Å². The summed E-state index contributed by atoms with van der Waals surface area (Å²) < 4.78 is 42.1. The lowest BCUT2D eigenvalue weighted by Gasteiger charge is -2.26. The highest BCUT2D eigenvalue weighted by Gasteiger charge is 2.31. The van der Waals surface area contributed by atoms with Crippen molar-refractivity contribution in [2.75, 3.05) is 10.8 Å². The summed E-state index contributed by atoms with van der Waals surface area (Å²) in [5, 5.41) is 3.27. The average Bonchev–Trinajstić information content (AvgIpc) is 2.67. The molecule has 1 unspecified atom stereocenters. The fraction of sp³-hybridized carbons (Fsp3) is 0.250. The fourth-order valence-corrected chi connectivity index (χ4v) is 4.60. The summed E-state index contributed by atoms with van der Waals surface area (Å²) >= 11 is 3.15. The normalized spacial score (nSPS) is 18.4. The molecule has 1 N–H and O–H groups in total. The number of rotatable bonds is 2. The molecule has 0 saturated heterocycles. The van der Waals surface area contributed by atoms with Gasteiger partial charge in [-0.05, 0) is 36.8 Å². The number of para-hydroxylation sites is 1. The SMILES string of the molecule is CC1CN(S(=O)(=O)c2ccc(Br)cc2F)c2ccccc2CN1. The van der Waals surface area contributed by atoms with E-state index >= 15 is 0 Å². The predicted molar refractivity (Wildman–Crippen MR) is 91.4 cm³/mol. The van der Waals surface area contributed by atoms with E-state index in [-0.39, 0.29) is 17.5 Å². The van der Waals surface area contributed by atoms with Gasteiger partial charge >= 0.3 is 0 Å². The van der Waals surface area contributed by atoms with E-state index in [0.29, 0.717) is 16.7 Å². The molecule has 0 bridgehead atoms. The van der Waals surface area contributed by atoms with Gasteiger partial charge in [0.25, 0.3) is 10.0 Å². The van der Waals surface area contributed by atoms with Gasteiger partial charge in [0.05, 0.1) is 5.69 Å². The van der Waals surface area contributed by atoms with Crippen LogP contribution in [0.4, 0.5) is 10.1 Å². The van der Waals surface area contributed by atoms with Crippen LogP contribution in [0.15, 0.2) is 51.8 Å².